The highest BCUT2D eigenvalue weighted by molar-refractivity contribution is 5.48. The highest BCUT2D eigenvalue weighted by Gasteiger charge is 2.23. The molecule has 0 heterocycles. The third-order valence-corrected chi connectivity index (χ3v) is 2.98. The number of rotatable bonds is 7. The topological polar surface area (TPSA) is 0 Å². The van der Waals surface area contributed by atoms with Crippen molar-refractivity contribution >= 4 is 0 Å². The molecule has 0 saturated carbocycles. The first-order chi connectivity index (χ1) is 9.22. The SMILES string of the molecule is C=C(/C=C(\C)C(C)(F)F)C(/C=C(C)\C=C/CCC)=C\C. The molecule has 20 heavy (non-hydrogen) atoms. The van der Waals surface area contributed by atoms with Crippen LogP contribution in [0.3, 0.4) is 0 Å². The maximum atomic E-state index is 13.2. The molecule has 0 aliphatic rings. The average Bonchev–Trinajstić information content (AvgIpc) is 2.34. The molecule has 0 aliphatic heterocycles. The van der Waals surface area contributed by atoms with Gasteiger partial charge in [0, 0.05) is 6.92 Å². The van der Waals surface area contributed by atoms with Gasteiger partial charge in [-0.1, -0.05) is 55.9 Å². The molecule has 0 nitrogen and oxygen atoms in total. The molecule has 0 bridgehead atoms. The monoisotopic (exact) mass is 280 g/mol. The van der Waals surface area contributed by atoms with Gasteiger partial charge in [0.1, 0.15) is 0 Å². The number of hydrogen-bond donors (Lipinski definition) is 0. The van der Waals surface area contributed by atoms with Crippen molar-refractivity contribution < 1.29 is 8.78 Å². The van der Waals surface area contributed by atoms with Crippen LogP contribution in [-0.4, -0.2) is 5.92 Å². The minimum absolute atomic E-state index is 0.0226. The Morgan fingerprint density at radius 2 is 1.80 bits per heavy atom. The third-order valence-electron chi connectivity index (χ3n) is 2.98. The van der Waals surface area contributed by atoms with E-state index in [4.69, 9.17) is 0 Å². The van der Waals surface area contributed by atoms with Gasteiger partial charge < -0.3 is 0 Å². The average molecular weight is 280 g/mol. The van der Waals surface area contributed by atoms with E-state index >= 15 is 0 Å². The van der Waals surface area contributed by atoms with E-state index in [0.717, 1.165) is 30.9 Å². The maximum Gasteiger partial charge on any atom is 0.266 e. The molecule has 0 unspecified atom stereocenters. The summed E-state index contributed by atoms with van der Waals surface area (Å²) in [5.74, 6) is -2.80. The minimum Gasteiger partial charge on any atom is -0.202 e. The second-order valence-electron chi connectivity index (χ2n) is 5.06. The van der Waals surface area contributed by atoms with Gasteiger partial charge in [0.15, 0.2) is 0 Å². The summed E-state index contributed by atoms with van der Waals surface area (Å²) in [5.41, 5.74) is 2.58. The first kappa shape index (κ1) is 18.6. The Labute approximate surface area is 122 Å². The molecule has 0 aromatic rings. The van der Waals surface area contributed by atoms with Crippen molar-refractivity contribution in [3.63, 3.8) is 0 Å². The molecule has 0 N–H and O–H groups in total. The van der Waals surface area contributed by atoms with E-state index in [1.165, 1.54) is 13.0 Å². The van der Waals surface area contributed by atoms with Crippen LogP contribution in [0, 0.1) is 0 Å². The predicted octanol–water partition coefficient (Wildman–Crippen LogP) is 6.39. The maximum absolute atomic E-state index is 13.2. The van der Waals surface area contributed by atoms with Gasteiger partial charge in [-0.05, 0) is 43.9 Å². The summed E-state index contributed by atoms with van der Waals surface area (Å²) in [4.78, 5) is 0. The molecule has 0 spiro atoms. The molecule has 0 aliphatic carbocycles. The zero-order valence-corrected chi connectivity index (χ0v) is 13.3. The molecule has 2 heteroatoms. The Morgan fingerprint density at radius 3 is 2.25 bits per heavy atom. The second-order valence-corrected chi connectivity index (χ2v) is 5.06. The van der Waals surface area contributed by atoms with Gasteiger partial charge in [-0.2, -0.15) is 0 Å². The normalized spacial score (nSPS) is 15.1. The predicted molar refractivity (Wildman–Crippen MR) is 85.1 cm³/mol. The molecule has 0 rings (SSSR count). The number of halogens is 2. The van der Waals surface area contributed by atoms with Gasteiger partial charge in [-0.3, -0.25) is 0 Å². The molecular formula is C18H26F2. The van der Waals surface area contributed by atoms with E-state index < -0.39 is 5.92 Å². The summed E-state index contributed by atoms with van der Waals surface area (Å²) < 4.78 is 26.3. The zero-order valence-electron chi connectivity index (χ0n) is 13.3. The molecule has 0 aromatic heterocycles. The van der Waals surface area contributed by atoms with E-state index in [0.29, 0.717) is 5.57 Å². The van der Waals surface area contributed by atoms with Gasteiger partial charge >= 0.3 is 0 Å². The van der Waals surface area contributed by atoms with Crippen molar-refractivity contribution in [2.24, 2.45) is 0 Å². The number of allylic oxidation sites excluding steroid dienone is 9. The van der Waals surface area contributed by atoms with Crippen LogP contribution in [0.15, 0.2) is 59.3 Å². The van der Waals surface area contributed by atoms with E-state index in [-0.39, 0.29) is 5.57 Å². The molecule has 0 atom stereocenters. The molecule has 0 saturated heterocycles. The smallest absolute Gasteiger partial charge is 0.202 e. The second kappa shape index (κ2) is 8.68. The summed E-state index contributed by atoms with van der Waals surface area (Å²) in [6.45, 7) is 12.2. The van der Waals surface area contributed by atoms with Crippen molar-refractivity contribution in [3.05, 3.63) is 59.3 Å². The number of unbranched alkanes of at least 4 members (excludes halogenated alkanes) is 1. The summed E-state index contributed by atoms with van der Waals surface area (Å²) in [5, 5.41) is 0. The van der Waals surface area contributed by atoms with Gasteiger partial charge in [-0.25, -0.2) is 8.78 Å². The van der Waals surface area contributed by atoms with Gasteiger partial charge in [-0.15, -0.1) is 0 Å². The first-order valence-corrected chi connectivity index (χ1v) is 6.99. The molecule has 0 fully saturated rings. The quantitative estimate of drug-likeness (QED) is 0.474. The van der Waals surface area contributed by atoms with Crippen molar-refractivity contribution in [3.8, 4) is 0 Å². The third kappa shape index (κ3) is 7.22. The fraction of sp³-hybridized carbons (Fsp3) is 0.444. The lowest BCUT2D eigenvalue weighted by Crippen LogP contribution is -2.11. The van der Waals surface area contributed by atoms with E-state index in [1.54, 1.807) is 0 Å². The van der Waals surface area contributed by atoms with Crippen LogP contribution < -0.4 is 0 Å². The molecule has 0 amide bonds. The molecular weight excluding hydrogens is 254 g/mol. The zero-order chi connectivity index (χ0) is 15.8. The lowest BCUT2D eigenvalue weighted by Gasteiger charge is -2.12. The van der Waals surface area contributed by atoms with Crippen molar-refractivity contribution in [2.75, 3.05) is 0 Å². The van der Waals surface area contributed by atoms with E-state index in [9.17, 15) is 8.78 Å². The van der Waals surface area contributed by atoms with Gasteiger partial charge in [0.25, 0.3) is 5.92 Å². The van der Waals surface area contributed by atoms with Crippen LogP contribution in [0.2, 0.25) is 0 Å². The molecule has 0 radical (unpaired) electrons. The fourth-order valence-corrected chi connectivity index (χ4v) is 1.56. The summed E-state index contributed by atoms with van der Waals surface area (Å²) in [6.07, 6.45) is 11.6. The molecule has 112 valence electrons. The standard InChI is InChI=1S/C18H26F2/c1-7-9-10-11-14(3)12-17(8-2)15(4)13-16(5)18(6,19)20/h8,10-13H,4,7,9H2,1-3,5-6H3/b11-10-,14-12-,16-13+,17-8-. The highest BCUT2D eigenvalue weighted by Crippen LogP contribution is 2.25. The fourth-order valence-electron chi connectivity index (χ4n) is 1.56. The van der Waals surface area contributed by atoms with Crippen LogP contribution in [-0.2, 0) is 0 Å². The summed E-state index contributed by atoms with van der Waals surface area (Å²) in [7, 11) is 0. The van der Waals surface area contributed by atoms with E-state index in [2.05, 4.69) is 19.6 Å². The Morgan fingerprint density at radius 1 is 1.20 bits per heavy atom. The van der Waals surface area contributed by atoms with Crippen molar-refractivity contribution in [1.29, 1.82) is 0 Å². The Kier molecular flexibility index (Phi) is 8.05. The van der Waals surface area contributed by atoms with Crippen molar-refractivity contribution in [2.45, 2.75) is 53.4 Å². The Balaban J connectivity index is 5.04. The van der Waals surface area contributed by atoms with E-state index in [1.807, 2.05) is 32.1 Å². The van der Waals surface area contributed by atoms with Crippen LogP contribution >= 0.6 is 0 Å². The molecule has 0 aromatic carbocycles. The largest absolute Gasteiger partial charge is 0.266 e. The van der Waals surface area contributed by atoms with Gasteiger partial charge in [0.2, 0.25) is 0 Å². The van der Waals surface area contributed by atoms with Crippen LogP contribution in [0.1, 0.15) is 47.5 Å². The Bertz CT molecular complexity index is 441. The van der Waals surface area contributed by atoms with Gasteiger partial charge in [0.05, 0.1) is 0 Å². The Hall–Kier alpha value is -1.44. The summed E-state index contributed by atoms with van der Waals surface area (Å²) in [6, 6.07) is 0. The summed E-state index contributed by atoms with van der Waals surface area (Å²) >= 11 is 0. The lowest BCUT2D eigenvalue weighted by molar-refractivity contribution is 0.0635. The van der Waals surface area contributed by atoms with Crippen LogP contribution in [0.4, 0.5) is 8.78 Å². The highest BCUT2D eigenvalue weighted by atomic mass is 19.3. The minimum atomic E-state index is -2.80. The van der Waals surface area contributed by atoms with Crippen molar-refractivity contribution in [1.82, 2.24) is 0 Å². The first-order valence-electron chi connectivity index (χ1n) is 6.99. The van der Waals surface area contributed by atoms with Crippen LogP contribution in [0.5, 0.6) is 0 Å². The lowest BCUT2D eigenvalue weighted by atomic mass is 10.0. The number of alkyl halides is 2. The number of hydrogen-bond acceptors (Lipinski definition) is 0. The van der Waals surface area contributed by atoms with Crippen LogP contribution in [0.25, 0.3) is 0 Å².